The molecule has 0 saturated heterocycles. The van der Waals surface area contributed by atoms with Crippen molar-refractivity contribution < 1.29 is 15.0 Å². The Morgan fingerprint density at radius 1 is 0.622 bits per heavy atom. The topological polar surface area (TPSA) is 69.6 Å². The molecule has 0 heterocycles. The fraction of sp³-hybridized carbons (Fsp3) is 0.909. The molecule has 4 heteroatoms. The number of carbonyl (C=O) groups is 1. The normalized spacial score (nSPS) is 13.3. The van der Waals surface area contributed by atoms with Gasteiger partial charge in [-0.3, -0.25) is 4.79 Å². The average molecular weight is 524 g/mol. The number of nitrogens with one attached hydrogen (secondary N) is 1. The molecule has 0 spiro atoms. The molecule has 4 nitrogen and oxygen atoms in total. The molecule has 0 aliphatic heterocycles. The summed E-state index contributed by atoms with van der Waals surface area (Å²) in [7, 11) is 0. The molecule has 1 amide bonds. The van der Waals surface area contributed by atoms with Gasteiger partial charge in [0.1, 0.15) is 0 Å². The lowest BCUT2D eigenvalue weighted by Crippen LogP contribution is -2.45. The molecule has 0 radical (unpaired) electrons. The number of rotatable bonds is 29. The summed E-state index contributed by atoms with van der Waals surface area (Å²) in [6, 6.07) is -0.531. The molecule has 37 heavy (non-hydrogen) atoms. The van der Waals surface area contributed by atoms with Crippen molar-refractivity contribution in [2.75, 3.05) is 6.61 Å². The Balaban J connectivity index is 3.58. The van der Waals surface area contributed by atoms with E-state index in [1.54, 1.807) is 0 Å². The Morgan fingerprint density at radius 3 is 1.51 bits per heavy atom. The van der Waals surface area contributed by atoms with E-state index in [2.05, 4.69) is 31.3 Å². The molecule has 0 aliphatic carbocycles. The number of amides is 1. The maximum Gasteiger partial charge on any atom is 0.220 e. The van der Waals surface area contributed by atoms with E-state index in [4.69, 9.17) is 0 Å². The van der Waals surface area contributed by atoms with Gasteiger partial charge in [0, 0.05) is 6.42 Å². The number of hydrogen-bond acceptors (Lipinski definition) is 3. The van der Waals surface area contributed by atoms with Gasteiger partial charge in [-0.1, -0.05) is 142 Å². The van der Waals surface area contributed by atoms with Gasteiger partial charge >= 0.3 is 0 Å². The van der Waals surface area contributed by atoms with Crippen molar-refractivity contribution in [3.63, 3.8) is 0 Å². The number of carbonyl (C=O) groups excluding carboxylic acids is 1. The molecule has 0 aromatic rings. The monoisotopic (exact) mass is 523 g/mol. The standard InChI is InChI=1S/C33H65NO3/c1-3-5-7-9-11-13-15-16-17-18-19-21-23-25-27-29-33(37)34-31(30-35)32(36)28-26-24-22-20-14-12-10-8-6-4-2/h13,15,31-32,35-36H,3-12,14,16-30H2,1-2H3,(H,34,37)/b15-13-. The Kier molecular flexibility index (Phi) is 29.0. The van der Waals surface area contributed by atoms with Crippen LogP contribution in [-0.4, -0.2) is 34.9 Å². The Bertz CT molecular complexity index is 494. The summed E-state index contributed by atoms with van der Waals surface area (Å²) in [5, 5.41) is 22.9. The fourth-order valence-electron chi connectivity index (χ4n) is 4.94. The lowest BCUT2D eigenvalue weighted by atomic mass is 10.0. The van der Waals surface area contributed by atoms with Gasteiger partial charge in [-0.25, -0.2) is 0 Å². The van der Waals surface area contributed by atoms with E-state index in [0.29, 0.717) is 12.8 Å². The van der Waals surface area contributed by atoms with E-state index in [1.165, 1.54) is 122 Å². The predicted octanol–water partition coefficient (Wildman–Crippen LogP) is 9.17. The van der Waals surface area contributed by atoms with E-state index >= 15 is 0 Å². The van der Waals surface area contributed by atoms with Crippen molar-refractivity contribution in [3.05, 3.63) is 12.2 Å². The third-order valence-corrected chi connectivity index (χ3v) is 7.53. The van der Waals surface area contributed by atoms with Crippen LogP contribution in [0.2, 0.25) is 0 Å². The van der Waals surface area contributed by atoms with Crippen LogP contribution in [-0.2, 0) is 4.79 Å². The van der Waals surface area contributed by atoms with E-state index in [0.717, 1.165) is 25.7 Å². The first kappa shape index (κ1) is 36.1. The highest BCUT2D eigenvalue weighted by Crippen LogP contribution is 2.14. The van der Waals surface area contributed by atoms with Crippen molar-refractivity contribution in [1.29, 1.82) is 0 Å². The van der Waals surface area contributed by atoms with Crippen LogP contribution in [0.3, 0.4) is 0 Å². The van der Waals surface area contributed by atoms with Gasteiger partial charge in [0.05, 0.1) is 18.8 Å². The summed E-state index contributed by atoms with van der Waals surface area (Å²) < 4.78 is 0. The third kappa shape index (κ3) is 26.5. The lowest BCUT2D eigenvalue weighted by Gasteiger charge is -2.22. The minimum Gasteiger partial charge on any atom is -0.394 e. The zero-order chi connectivity index (χ0) is 27.2. The molecule has 0 rings (SSSR count). The van der Waals surface area contributed by atoms with Gasteiger partial charge in [-0.15, -0.1) is 0 Å². The average Bonchev–Trinajstić information content (AvgIpc) is 2.90. The van der Waals surface area contributed by atoms with Gasteiger partial charge in [0.15, 0.2) is 0 Å². The number of aliphatic hydroxyl groups excluding tert-OH is 2. The maximum absolute atomic E-state index is 12.3. The molecule has 0 bridgehead atoms. The highest BCUT2D eigenvalue weighted by atomic mass is 16.3. The Labute approximate surface area is 231 Å². The first-order chi connectivity index (χ1) is 18.2. The third-order valence-electron chi connectivity index (χ3n) is 7.53. The second-order valence-corrected chi connectivity index (χ2v) is 11.2. The van der Waals surface area contributed by atoms with Gasteiger partial charge < -0.3 is 15.5 Å². The molecule has 0 aromatic carbocycles. The highest BCUT2D eigenvalue weighted by Gasteiger charge is 2.19. The van der Waals surface area contributed by atoms with E-state index in [-0.39, 0.29) is 12.5 Å². The highest BCUT2D eigenvalue weighted by molar-refractivity contribution is 5.76. The van der Waals surface area contributed by atoms with Crippen molar-refractivity contribution in [2.24, 2.45) is 0 Å². The predicted molar refractivity (Wildman–Crippen MR) is 161 cm³/mol. The van der Waals surface area contributed by atoms with Crippen LogP contribution in [0.4, 0.5) is 0 Å². The SMILES string of the molecule is CCCCCC/C=C\CCCCCCCCCC(=O)NC(CO)C(O)CCCCCCCCCCCC. The van der Waals surface area contributed by atoms with Crippen LogP contribution in [0, 0.1) is 0 Å². The minimum absolute atomic E-state index is 0.0392. The zero-order valence-electron chi connectivity index (χ0n) is 25.0. The minimum atomic E-state index is -0.654. The van der Waals surface area contributed by atoms with Gasteiger partial charge in [-0.05, 0) is 38.5 Å². The second-order valence-electron chi connectivity index (χ2n) is 11.2. The van der Waals surface area contributed by atoms with Crippen LogP contribution in [0.1, 0.15) is 174 Å². The van der Waals surface area contributed by atoms with E-state index in [9.17, 15) is 15.0 Å². The molecule has 0 aromatic heterocycles. The van der Waals surface area contributed by atoms with Gasteiger partial charge in [0.2, 0.25) is 5.91 Å². The molecule has 2 unspecified atom stereocenters. The van der Waals surface area contributed by atoms with Crippen LogP contribution in [0.5, 0.6) is 0 Å². The number of unbranched alkanes of at least 4 members (excludes halogenated alkanes) is 20. The molecule has 3 N–H and O–H groups in total. The number of aliphatic hydroxyl groups is 2. The number of allylic oxidation sites excluding steroid dienone is 2. The number of hydrogen-bond donors (Lipinski definition) is 3. The molecule has 0 aliphatic rings. The first-order valence-corrected chi connectivity index (χ1v) is 16.4. The molecule has 2 atom stereocenters. The van der Waals surface area contributed by atoms with Crippen LogP contribution < -0.4 is 5.32 Å². The maximum atomic E-state index is 12.3. The summed E-state index contributed by atoms with van der Waals surface area (Å²) in [5.41, 5.74) is 0. The first-order valence-electron chi connectivity index (χ1n) is 16.4. The summed E-state index contributed by atoms with van der Waals surface area (Å²) in [6.07, 6.45) is 33.9. The molecular weight excluding hydrogens is 458 g/mol. The van der Waals surface area contributed by atoms with Crippen LogP contribution in [0.15, 0.2) is 12.2 Å². The zero-order valence-corrected chi connectivity index (χ0v) is 25.0. The summed E-state index contributed by atoms with van der Waals surface area (Å²) in [4.78, 5) is 12.3. The summed E-state index contributed by atoms with van der Waals surface area (Å²) in [6.45, 7) is 4.31. The Hall–Kier alpha value is -0.870. The van der Waals surface area contributed by atoms with Gasteiger partial charge in [-0.2, -0.15) is 0 Å². The van der Waals surface area contributed by atoms with Crippen molar-refractivity contribution >= 4 is 5.91 Å². The second kappa shape index (κ2) is 29.7. The lowest BCUT2D eigenvalue weighted by molar-refractivity contribution is -0.123. The molecule has 220 valence electrons. The van der Waals surface area contributed by atoms with Crippen molar-refractivity contribution in [3.8, 4) is 0 Å². The Morgan fingerprint density at radius 2 is 1.03 bits per heavy atom. The molecular formula is C33H65NO3. The van der Waals surface area contributed by atoms with Crippen LogP contribution in [0.25, 0.3) is 0 Å². The summed E-state index contributed by atoms with van der Waals surface area (Å²) in [5.74, 6) is -0.0392. The van der Waals surface area contributed by atoms with Gasteiger partial charge in [0.25, 0.3) is 0 Å². The van der Waals surface area contributed by atoms with E-state index < -0.39 is 12.1 Å². The summed E-state index contributed by atoms with van der Waals surface area (Å²) >= 11 is 0. The quantitative estimate of drug-likeness (QED) is 0.0676. The molecule has 0 fully saturated rings. The van der Waals surface area contributed by atoms with Crippen molar-refractivity contribution in [1.82, 2.24) is 5.32 Å². The van der Waals surface area contributed by atoms with E-state index in [1.807, 2.05) is 0 Å². The smallest absolute Gasteiger partial charge is 0.220 e. The molecule has 0 saturated carbocycles. The largest absolute Gasteiger partial charge is 0.394 e. The fourth-order valence-corrected chi connectivity index (χ4v) is 4.94. The van der Waals surface area contributed by atoms with Crippen LogP contribution >= 0.6 is 0 Å². The van der Waals surface area contributed by atoms with Crippen molar-refractivity contribution in [2.45, 2.75) is 187 Å².